The van der Waals surface area contributed by atoms with Crippen molar-refractivity contribution in [1.29, 1.82) is 0 Å². The van der Waals surface area contributed by atoms with E-state index in [1.54, 1.807) is 30.3 Å². The molecule has 21 nitrogen and oxygen atoms in total. The van der Waals surface area contributed by atoms with Crippen LogP contribution in [0.1, 0.15) is 44.6 Å². The van der Waals surface area contributed by atoms with Crippen molar-refractivity contribution in [1.82, 2.24) is 36.9 Å². The van der Waals surface area contributed by atoms with Crippen LogP contribution in [0.3, 0.4) is 0 Å². The van der Waals surface area contributed by atoms with Gasteiger partial charge in [0.15, 0.2) is 6.04 Å². The molecule has 1 heterocycles. The van der Waals surface area contributed by atoms with Crippen LogP contribution < -0.4 is 43.5 Å². The van der Waals surface area contributed by atoms with E-state index in [9.17, 15) is 59.1 Å². The van der Waals surface area contributed by atoms with Crippen LogP contribution in [0.25, 0.3) is 0 Å². The minimum atomic E-state index is -1.87. The summed E-state index contributed by atoms with van der Waals surface area (Å²) in [4.78, 5) is 90.1. The summed E-state index contributed by atoms with van der Waals surface area (Å²) in [5.41, 5.74) is 6.21. The molecule has 0 bridgehead atoms. The normalized spacial score (nSPS) is 23.3. The number of carboxylic acid groups (broad SMARTS) is 1. The lowest BCUT2D eigenvalue weighted by Crippen LogP contribution is -2.64. The molecule has 6 amide bonds. The molecule has 1 aromatic rings. The van der Waals surface area contributed by atoms with E-state index in [4.69, 9.17) is 11.6 Å². The largest absolute Gasteiger partial charge is 0.480 e. The van der Waals surface area contributed by atoms with Crippen LogP contribution in [-0.2, 0) is 40.0 Å². The topological polar surface area (TPSA) is 348 Å². The van der Waals surface area contributed by atoms with Crippen LogP contribution in [0.5, 0.6) is 0 Å². The number of aliphatic carboxylic acids is 1. The molecule has 1 unspecified atom stereocenters. The maximum Gasteiger partial charge on any atom is 0.326 e. The molecule has 0 aromatic heterocycles. The van der Waals surface area contributed by atoms with Crippen LogP contribution in [0.2, 0.25) is 0 Å². The molecule has 1 fully saturated rings. The number of nitrogens with one attached hydrogen (secondary N) is 6. The summed E-state index contributed by atoms with van der Waals surface area (Å²) >= 11 is 0. The van der Waals surface area contributed by atoms with Crippen molar-refractivity contribution in [2.75, 3.05) is 32.9 Å². The van der Waals surface area contributed by atoms with Crippen LogP contribution in [-0.4, -0.2) is 153 Å². The monoisotopic (exact) mass is 767 g/mol. The second-order valence-electron chi connectivity index (χ2n) is 12.8. The first-order valence-corrected chi connectivity index (χ1v) is 17.5. The summed E-state index contributed by atoms with van der Waals surface area (Å²) in [6, 6.07) is -1.26. The van der Waals surface area contributed by atoms with Gasteiger partial charge >= 0.3 is 5.97 Å². The Hall–Kier alpha value is -4.77. The van der Waals surface area contributed by atoms with Gasteiger partial charge in [0.25, 0.3) is 5.91 Å². The van der Waals surface area contributed by atoms with Crippen molar-refractivity contribution >= 4 is 41.4 Å². The lowest BCUT2D eigenvalue weighted by Gasteiger charge is -2.33. The van der Waals surface area contributed by atoms with E-state index in [0.717, 1.165) is 6.92 Å². The Morgan fingerprint density at radius 3 is 2.22 bits per heavy atom. The van der Waals surface area contributed by atoms with Crippen LogP contribution in [0, 0.1) is 0 Å². The van der Waals surface area contributed by atoms with E-state index < -0.39 is 110 Å². The number of carbonyl (C=O) groups is 7. The van der Waals surface area contributed by atoms with Gasteiger partial charge in [0, 0.05) is 32.0 Å². The Balaban J connectivity index is 2.26. The molecule has 1 aliphatic rings. The summed E-state index contributed by atoms with van der Waals surface area (Å²) in [6.07, 6.45) is -1.28. The first-order chi connectivity index (χ1) is 25.6. The van der Waals surface area contributed by atoms with Crippen molar-refractivity contribution in [3.8, 4) is 0 Å². The van der Waals surface area contributed by atoms with Crippen LogP contribution in [0.15, 0.2) is 30.3 Å². The Morgan fingerprint density at radius 1 is 0.944 bits per heavy atom. The molecule has 0 spiro atoms. The minimum absolute atomic E-state index is 0.0218. The molecule has 0 radical (unpaired) electrons. The smallest absolute Gasteiger partial charge is 0.326 e. The van der Waals surface area contributed by atoms with Crippen LogP contribution in [0.4, 0.5) is 0 Å². The molecule has 0 saturated carbocycles. The van der Waals surface area contributed by atoms with Crippen molar-refractivity contribution in [2.24, 2.45) is 11.6 Å². The van der Waals surface area contributed by atoms with Gasteiger partial charge in [-0.1, -0.05) is 30.3 Å². The second-order valence-corrected chi connectivity index (χ2v) is 12.8. The maximum absolute atomic E-state index is 13.4. The molecule has 8 atom stereocenters. The molecule has 1 aromatic carbocycles. The Kier molecular flexibility index (Phi) is 19.4. The summed E-state index contributed by atoms with van der Waals surface area (Å²) in [7, 11) is 0. The fraction of sp³-hybridized carbons (Fsp3) is 0.606. The third-order valence-corrected chi connectivity index (χ3v) is 8.56. The van der Waals surface area contributed by atoms with Crippen molar-refractivity contribution < 1.29 is 59.1 Å². The molecule has 302 valence electrons. The van der Waals surface area contributed by atoms with Crippen molar-refractivity contribution in [3.05, 3.63) is 35.9 Å². The molecule has 1 saturated heterocycles. The highest BCUT2D eigenvalue weighted by Gasteiger charge is 2.38. The van der Waals surface area contributed by atoms with Crippen molar-refractivity contribution in [3.63, 3.8) is 0 Å². The molecule has 1 aliphatic heterocycles. The average molecular weight is 768 g/mol. The standard InChI is InChI=1S/C33H53N9O12/c1-18(46)27-31(51)41-25(17-45)30(50)38-20(14-37-24(16-44)29(49)40-23(33(53)54)13-19-7-3-2-4-8-19)9-5-6-12-36-26(47)11-10-22(32(52)42(27)35)39-28(48)21(34)15-43/h2-4,7-8,18,20-25,27,37,43-46H,5-6,9-17,34-35H2,1H3,(H,36,47)(H,38,50)(H,39,48)(H,40,49)(H,41,51)(H,53,54)/t18?,20-,21-,22-,23-,24-,25-,27-/m0/s1. The molecular weight excluding hydrogens is 714 g/mol. The highest BCUT2D eigenvalue weighted by atomic mass is 16.4. The molecule has 15 N–H and O–H groups in total. The van der Waals surface area contributed by atoms with E-state index in [1.807, 2.05) is 0 Å². The van der Waals surface area contributed by atoms with Gasteiger partial charge in [-0.25, -0.2) is 10.6 Å². The highest BCUT2D eigenvalue weighted by molar-refractivity contribution is 5.95. The number of hydrogen-bond donors (Lipinski definition) is 13. The summed E-state index contributed by atoms with van der Waals surface area (Å²) in [5.74, 6) is -0.784. The zero-order valence-electron chi connectivity index (χ0n) is 30.0. The highest BCUT2D eigenvalue weighted by Crippen LogP contribution is 2.10. The number of rotatable bonds is 14. The van der Waals surface area contributed by atoms with E-state index in [1.165, 1.54) is 0 Å². The molecule has 2 rings (SSSR count). The number of nitrogens with zero attached hydrogens (tertiary/aromatic N) is 1. The first kappa shape index (κ1) is 45.4. The Bertz CT molecular complexity index is 1420. The fourth-order valence-electron chi connectivity index (χ4n) is 5.45. The van der Waals surface area contributed by atoms with Gasteiger partial charge in [0.1, 0.15) is 30.2 Å². The number of carbonyl (C=O) groups excluding carboxylic acids is 6. The number of nitrogens with two attached hydrogens (primary N) is 2. The van der Waals surface area contributed by atoms with Gasteiger partial charge in [-0.3, -0.25) is 33.8 Å². The third kappa shape index (κ3) is 14.6. The first-order valence-electron chi connectivity index (χ1n) is 17.5. The van der Waals surface area contributed by atoms with Gasteiger partial charge in [-0.15, -0.1) is 0 Å². The third-order valence-electron chi connectivity index (χ3n) is 8.56. The molecule has 54 heavy (non-hydrogen) atoms. The van der Waals surface area contributed by atoms with E-state index in [0.29, 0.717) is 23.4 Å². The zero-order valence-corrected chi connectivity index (χ0v) is 30.0. The molecular formula is C33H53N9O12. The summed E-state index contributed by atoms with van der Waals surface area (Å²) < 4.78 is 0. The lowest BCUT2D eigenvalue weighted by molar-refractivity contribution is -0.148. The number of aliphatic hydroxyl groups is 4. The van der Waals surface area contributed by atoms with E-state index >= 15 is 0 Å². The van der Waals surface area contributed by atoms with Crippen molar-refractivity contribution in [2.45, 2.75) is 93.8 Å². The quantitative estimate of drug-likeness (QED) is 0.0619. The van der Waals surface area contributed by atoms with Gasteiger partial charge < -0.3 is 63.2 Å². The fourth-order valence-corrected chi connectivity index (χ4v) is 5.45. The van der Waals surface area contributed by atoms with Gasteiger partial charge in [0.2, 0.25) is 29.5 Å². The predicted octanol–water partition coefficient (Wildman–Crippen LogP) is -5.95. The second kappa shape index (κ2) is 23.1. The number of amides is 6. The zero-order chi connectivity index (χ0) is 40.4. The number of hydrogen-bond acceptors (Lipinski definition) is 14. The molecule has 0 aliphatic carbocycles. The summed E-state index contributed by atoms with van der Waals surface area (Å²) in [5, 5.41) is 64.8. The molecule has 21 heteroatoms. The lowest BCUT2D eigenvalue weighted by atomic mass is 10.0. The SMILES string of the molecule is CC(O)[C@H]1C(=O)N[C@@H](CO)C(=O)N[C@H](CN[C@@H](CO)C(=O)N[C@@H](Cc2ccccc2)C(=O)O)CCCCNC(=O)CC[C@H](NC(=O)[C@@H](N)CO)C(=O)N1N. The number of carboxylic acids is 1. The van der Waals surface area contributed by atoms with Gasteiger partial charge in [0.05, 0.1) is 25.9 Å². The summed E-state index contributed by atoms with van der Waals surface area (Å²) in [6.45, 7) is -1.30. The number of hydrazine groups is 1. The van der Waals surface area contributed by atoms with E-state index in [-0.39, 0.29) is 38.8 Å². The van der Waals surface area contributed by atoms with E-state index in [2.05, 4.69) is 31.9 Å². The predicted molar refractivity (Wildman–Crippen MR) is 189 cm³/mol. The van der Waals surface area contributed by atoms with Gasteiger partial charge in [-0.2, -0.15) is 0 Å². The number of aliphatic hydroxyl groups excluding tert-OH is 4. The Labute approximate surface area is 311 Å². The average Bonchev–Trinajstić information content (AvgIpc) is 3.14. The van der Waals surface area contributed by atoms with Gasteiger partial charge in [-0.05, 0) is 38.2 Å². The Morgan fingerprint density at radius 2 is 1.63 bits per heavy atom. The number of benzene rings is 1. The maximum atomic E-state index is 13.4. The van der Waals surface area contributed by atoms with Crippen LogP contribution >= 0.6 is 0 Å². The minimum Gasteiger partial charge on any atom is -0.480 e.